The first-order valence-corrected chi connectivity index (χ1v) is 7.64. The van der Waals surface area contributed by atoms with Crippen LogP contribution in [-0.2, 0) is 19.1 Å². The van der Waals surface area contributed by atoms with Crippen LogP contribution in [0.1, 0.15) is 27.4 Å². The van der Waals surface area contributed by atoms with Gasteiger partial charge in [-0.05, 0) is 6.07 Å². The third kappa shape index (κ3) is 4.61. The van der Waals surface area contributed by atoms with Crippen molar-refractivity contribution in [2.75, 3.05) is 25.0 Å². The van der Waals surface area contributed by atoms with E-state index in [1.165, 1.54) is 0 Å². The van der Waals surface area contributed by atoms with Crippen LogP contribution in [0.25, 0.3) is 0 Å². The molecule has 8 nitrogen and oxygen atoms in total. The van der Waals surface area contributed by atoms with Crippen molar-refractivity contribution in [2.45, 2.75) is 19.1 Å². The summed E-state index contributed by atoms with van der Waals surface area (Å²) in [5, 5.41) is 15.3. The molecule has 3 heterocycles. The summed E-state index contributed by atoms with van der Waals surface area (Å²) in [5.41, 5.74) is 1.10. The Kier molecular flexibility index (Phi) is 6.37. The Morgan fingerprint density at radius 1 is 1.31 bits per heavy atom. The summed E-state index contributed by atoms with van der Waals surface area (Å²) in [5.74, 6) is -0.488. The van der Waals surface area contributed by atoms with Crippen molar-refractivity contribution >= 4 is 24.3 Å². The van der Waals surface area contributed by atoms with Gasteiger partial charge in [-0.2, -0.15) is 18.3 Å². The fourth-order valence-electron chi connectivity index (χ4n) is 2.45. The third-order valence-corrected chi connectivity index (χ3v) is 3.66. The average Bonchev–Trinajstić information content (AvgIpc) is 3.02. The highest BCUT2D eigenvalue weighted by Crippen LogP contribution is 2.27. The van der Waals surface area contributed by atoms with E-state index in [1.807, 2.05) is 0 Å². The highest BCUT2D eigenvalue weighted by Gasteiger charge is 2.32. The van der Waals surface area contributed by atoms with Crippen LogP contribution in [0.3, 0.4) is 0 Å². The van der Waals surface area contributed by atoms with Gasteiger partial charge in [0.2, 0.25) is 5.95 Å². The Morgan fingerprint density at radius 3 is 2.88 bits per heavy atom. The zero-order valence-corrected chi connectivity index (χ0v) is 14.3. The molecule has 1 aliphatic rings. The highest BCUT2D eigenvalue weighted by atomic mass is 35.5. The molecule has 12 heteroatoms. The number of hydrogen-bond donors (Lipinski definition) is 4. The van der Waals surface area contributed by atoms with Crippen molar-refractivity contribution < 1.29 is 18.0 Å². The second-order valence-electron chi connectivity index (χ2n) is 5.40. The van der Waals surface area contributed by atoms with Gasteiger partial charge in [0, 0.05) is 50.1 Å². The molecule has 2 aromatic heterocycles. The first-order chi connectivity index (χ1) is 11.9. The Bertz CT molecular complexity index is 765. The monoisotopic (exact) mass is 391 g/mol. The third-order valence-electron chi connectivity index (χ3n) is 3.66. The maximum atomic E-state index is 12.6. The lowest BCUT2D eigenvalue weighted by Crippen LogP contribution is -2.31. The van der Waals surface area contributed by atoms with Crippen molar-refractivity contribution in [3.05, 3.63) is 34.9 Å². The van der Waals surface area contributed by atoms with Crippen molar-refractivity contribution in [1.82, 2.24) is 30.8 Å². The summed E-state index contributed by atoms with van der Waals surface area (Å²) >= 11 is 0. The zero-order valence-electron chi connectivity index (χ0n) is 13.5. The number of aromatic nitrogens is 4. The molecular formula is C14H17ClF3N7O. The van der Waals surface area contributed by atoms with Crippen LogP contribution in [-0.4, -0.2) is 45.7 Å². The Hall–Kier alpha value is -2.40. The van der Waals surface area contributed by atoms with Crippen LogP contribution in [0.5, 0.6) is 0 Å². The van der Waals surface area contributed by atoms with Gasteiger partial charge in [-0.25, -0.2) is 9.97 Å². The molecule has 2 aromatic rings. The molecule has 26 heavy (non-hydrogen) atoms. The minimum absolute atomic E-state index is 0. The zero-order chi connectivity index (χ0) is 17.9. The summed E-state index contributed by atoms with van der Waals surface area (Å²) < 4.78 is 37.7. The van der Waals surface area contributed by atoms with Crippen LogP contribution < -0.4 is 16.0 Å². The molecule has 0 spiro atoms. The SMILES string of the molecule is Cl.O=C(NCCNc1nccc(C(F)(F)F)n1)c1n[nH]c2c1CNCC2. The van der Waals surface area contributed by atoms with Crippen LogP contribution in [0.2, 0.25) is 0 Å². The summed E-state index contributed by atoms with van der Waals surface area (Å²) in [7, 11) is 0. The number of H-pyrrole nitrogens is 1. The quantitative estimate of drug-likeness (QED) is 0.569. The minimum atomic E-state index is -4.53. The van der Waals surface area contributed by atoms with E-state index in [0.29, 0.717) is 12.2 Å². The van der Waals surface area contributed by atoms with Crippen LogP contribution in [0, 0.1) is 0 Å². The number of carbonyl (C=O) groups excluding carboxylic acids is 1. The number of rotatable bonds is 5. The molecule has 142 valence electrons. The lowest BCUT2D eigenvalue weighted by atomic mass is 10.1. The predicted molar refractivity (Wildman–Crippen MR) is 89.1 cm³/mol. The predicted octanol–water partition coefficient (Wildman–Crippen LogP) is 1.13. The fourth-order valence-corrected chi connectivity index (χ4v) is 2.45. The van der Waals surface area contributed by atoms with Gasteiger partial charge in [0.25, 0.3) is 5.91 Å². The van der Waals surface area contributed by atoms with E-state index >= 15 is 0 Å². The van der Waals surface area contributed by atoms with Gasteiger partial charge >= 0.3 is 6.18 Å². The number of alkyl halides is 3. The molecule has 0 saturated carbocycles. The normalized spacial score (nSPS) is 13.5. The van der Waals surface area contributed by atoms with Gasteiger partial charge in [-0.15, -0.1) is 12.4 Å². The Balaban J connectivity index is 0.00000243. The molecule has 0 radical (unpaired) electrons. The number of carbonyl (C=O) groups is 1. The summed E-state index contributed by atoms with van der Waals surface area (Å²) in [6.45, 7) is 1.77. The standard InChI is InChI=1S/C14H16F3N7O.ClH/c15-14(16,17)10-2-4-20-13(22-10)21-6-5-19-12(25)11-8-7-18-3-1-9(8)23-24-11;/h2,4,18H,1,3,5-7H2,(H,19,25)(H,23,24)(H,20,21,22);1H. The molecule has 0 atom stereocenters. The number of halogens is 4. The van der Waals surface area contributed by atoms with E-state index in [4.69, 9.17) is 0 Å². The largest absolute Gasteiger partial charge is 0.433 e. The molecule has 0 aliphatic carbocycles. The Morgan fingerprint density at radius 2 is 2.12 bits per heavy atom. The van der Waals surface area contributed by atoms with Gasteiger partial charge in [0.05, 0.1) is 0 Å². The number of fused-ring (bicyclic) bond motifs is 1. The molecular weight excluding hydrogens is 375 g/mol. The van der Waals surface area contributed by atoms with Crippen LogP contribution in [0.15, 0.2) is 12.3 Å². The maximum Gasteiger partial charge on any atom is 0.433 e. The molecule has 0 aromatic carbocycles. The van der Waals surface area contributed by atoms with Gasteiger partial charge in [-0.3, -0.25) is 9.89 Å². The molecule has 0 saturated heterocycles. The summed E-state index contributed by atoms with van der Waals surface area (Å²) in [6, 6.07) is 0.793. The van der Waals surface area contributed by atoms with Gasteiger partial charge < -0.3 is 16.0 Å². The summed E-state index contributed by atoms with van der Waals surface area (Å²) in [6.07, 6.45) is -2.72. The van der Waals surface area contributed by atoms with Crippen molar-refractivity contribution in [3.63, 3.8) is 0 Å². The molecule has 0 fully saturated rings. The lowest BCUT2D eigenvalue weighted by Gasteiger charge is -2.13. The maximum absolute atomic E-state index is 12.6. The summed E-state index contributed by atoms with van der Waals surface area (Å²) in [4.78, 5) is 19.2. The second-order valence-corrected chi connectivity index (χ2v) is 5.40. The van der Waals surface area contributed by atoms with Gasteiger partial charge in [0.1, 0.15) is 5.69 Å². The smallest absolute Gasteiger partial charge is 0.352 e. The number of nitrogens with one attached hydrogen (secondary N) is 4. The Labute approximate surface area is 152 Å². The van der Waals surface area contributed by atoms with Gasteiger partial charge in [-0.1, -0.05) is 0 Å². The topological polar surface area (TPSA) is 108 Å². The van der Waals surface area contributed by atoms with Crippen LogP contribution >= 0.6 is 12.4 Å². The van der Waals surface area contributed by atoms with E-state index < -0.39 is 11.9 Å². The number of anilines is 1. The van der Waals surface area contributed by atoms with Crippen molar-refractivity contribution in [1.29, 1.82) is 0 Å². The van der Waals surface area contributed by atoms with Crippen molar-refractivity contribution in [3.8, 4) is 0 Å². The lowest BCUT2D eigenvalue weighted by molar-refractivity contribution is -0.141. The molecule has 3 rings (SSSR count). The molecule has 0 bridgehead atoms. The van der Waals surface area contributed by atoms with E-state index in [2.05, 4.69) is 36.1 Å². The van der Waals surface area contributed by atoms with E-state index in [9.17, 15) is 18.0 Å². The average molecular weight is 392 g/mol. The van der Waals surface area contributed by atoms with E-state index in [1.54, 1.807) is 0 Å². The minimum Gasteiger partial charge on any atom is -0.352 e. The molecule has 1 amide bonds. The molecule has 4 N–H and O–H groups in total. The molecule has 0 unspecified atom stereocenters. The van der Waals surface area contributed by atoms with Gasteiger partial charge in [0.15, 0.2) is 5.69 Å². The number of nitrogens with zero attached hydrogens (tertiary/aromatic N) is 3. The number of aromatic amines is 1. The molecule has 1 aliphatic heterocycles. The second kappa shape index (κ2) is 8.32. The first kappa shape index (κ1) is 19.9. The fraction of sp³-hybridized carbons (Fsp3) is 0.429. The van der Waals surface area contributed by atoms with E-state index in [-0.39, 0.29) is 37.4 Å². The van der Waals surface area contributed by atoms with Crippen LogP contribution in [0.4, 0.5) is 19.1 Å². The van der Waals surface area contributed by atoms with E-state index in [0.717, 1.165) is 36.5 Å². The number of amides is 1. The highest BCUT2D eigenvalue weighted by molar-refractivity contribution is 5.94. The van der Waals surface area contributed by atoms with Crippen molar-refractivity contribution in [2.24, 2.45) is 0 Å². The number of hydrogen-bond acceptors (Lipinski definition) is 6. The first-order valence-electron chi connectivity index (χ1n) is 7.64.